The van der Waals surface area contributed by atoms with Gasteiger partial charge in [0.2, 0.25) is 0 Å². The van der Waals surface area contributed by atoms with Crippen LogP contribution in [0.1, 0.15) is 97.8 Å². The van der Waals surface area contributed by atoms with Crippen molar-refractivity contribution >= 4 is 5.97 Å². The summed E-state index contributed by atoms with van der Waals surface area (Å²) < 4.78 is 11.6. The van der Waals surface area contributed by atoms with E-state index >= 15 is 0 Å². The van der Waals surface area contributed by atoms with Crippen LogP contribution in [0.4, 0.5) is 0 Å². The molecule has 1 saturated heterocycles. The Bertz CT molecular complexity index is 642. The summed E-state index contributed by atoms with van der Waals surface area (Å²) in [5, 5.41) is 9.28. The van der Waals surface area contributed by atoms with Gasteiger partial charge in [0.15, 0.2) is 0 Å². The molecule has 0 aromatic rings. The van der Waals surface area contributed by atoms with Crippen LogP contribution < -0.4 is 0 Å². The molecule has 1 N–H and O–H groups in total. The Hall–Kier alpha value is -1.81. The molecular formula is C28H46O4. The van der Waals surface area contributed by atoms with Gasteiger partial charge in [0.05, 0.1) is 17.8 Å². The molecule has 1 aliphatic rings. The molecule has 0 radical (unpaired) electrons. The average Bonchev–Trinajstić information content (AvgIpc) is 2.98. The molecule has 0 aliphatic carbocycles. The highest BCUT2D eigenvalue weighted by Crippen LogP contribution is 2.42. The number of carbonyl (C=O) groups is 1. The lowest BCUT2D eigenvalue weighted by Gasteiger charge is -2.29. The fourth-order valence-electron chi connectivity index (χ4n) is 4.10. The number of rotatable bonds is 18. The third-order valence-electron chi connectivity index (χ3n) is 6.42. The van der Waals surface area contributed by atoms with Crippen molar-refractivity contribution in [2.24, 2.45) is 5.41 Å². The van der Waals surface area contributed by atoms with Crippen LogP contribution in [0, 0.1) is 5.41 Å². The second-order valence-corrected chi connectivity index (χ2v) is 9.32. The van der Waals surface area contributed by atoms with Gasteiger partial charge in [0.1, 0.15) is 6.10 Å². The number of esters is 1. The summed E-state index contributed by atoms with van der Waals surface area (Å²) in [6.45, 7) is 14.8. The van der Waals surface area contributed by atoms with E-state index in [-0.39, 0.29) is 17.8 Å². The number of allylic oxidation sites excluding steroid dienone is 5. The van der Waals surface area contributed by atoms with Gasteiger partial charge in [0, 0.05) is 12.2 Å². The van der Waals surface area contributed by atoms with Crippen molar-refractivity contribution in [3.63, 3.8) is 0 Å². The Morgan fingerprint density at radius 3 is 2.31 bits per heavy atom. The monoisotopic (exact) mass is 446 g/mol. The van der Waals surface area contributed by atoms with Crippen molar-refractivity contribution in [3.05, 3.63) is 48.3 Å². The van der Waals surface area contributed by atoms with Gasteiger partial charge in [0.25, 0.3) is 0 Å². The SMILES string of the molecule is C=C/C(=C\C=C(/C)O)CCCOC[C@@]1(C)C(=C)C(=O)OC1CCCCCCCCCCC. The number of cyclic esters (lactones) is 1. The number of hydrogen-bond donors (Lipinski definition) is 1. The third kappa shape index (κ3) is 10.2. The highest BCUT2D eigenvalue weighted by atomic mass is 16.6. The molecule has 1 aliphatic heterocycles. The van der Waals surface area contributed by atoms with Gasteiger partial charge in [-0.15, -0.1) is 0 Å². The summed E-state index contributed by atoms with van der Waals surface area (Å²) in [7, 11) is 0. The van der Waals surface area contributed by atoms with Gasteiger partial charge in [-0.3, -0.25) is 0 Å². The van der Waals surface area contributed by atoms with Crippen molar-refractivity contribution in [1.82, 2.24) is 0 Å². The van der Waals surface area contributed by atoms with Gasteiger partial charge in [-0.25, -0.2) is 4.79 Å². The number of hydrogen-bond acceptors (Lipinski definition) is 4. The normalized spacial score (nSPS) is 21.8. The van der Waals surface area contributed by atoms with Crippen molar-refractivity contribution in [3.8, 4) is 0 Å². The first-order valence-electron chi connectivity index (χ1n) is 12.5. The molecule has 1 unspecified atom stereocenters. The summed E-state index contributed by atoms with van der Waals surface area (Å²) in [5.74, 6) is -0.00369. The smallest absolute Gasteiger partial charge is 0.334 e. The molecule has 0 saturated carbocycles. The van der Waals surface area contributed by atoms with E-state index in [2.05, 4.69) is 20.1 Å². The first-order valence-corrected chi connectivity index (χ1v) is 12.5. The van der Waals surface area contributed by atoms with Gasteiger partial charge < -0.3 is 14.6 Å². The zero-order valence-corrected chi connectivity index (χ0v) is 20.8. The maximum atomic E-state index is 12.2. The quantitative estimate of drug-likeness (QED) is 0.0768. The van der Waals surface area contributed by atoms with Crippen molar-refractivity contribution in [1.29, 1.82) is 0 Å². The largest absolute Gasteiger partial charge is 0.513 e. The zero-order chi connectivity index (χ0) is 23.8. The molecule has 32 heavy (non-hydrogen) atoms. The van der Waals surface area contributed by atoms with E-state index < -0.39 is 5.41 Å². The molecule has 4 nitrogen and oxygen atoms in total. The van der Waals surface area contributed by atoms with Gasteiger partial charge in [-0.2, -0.15) is 0 Å². The molecule has 0 aromatic heterocycles. The van der Waals surface area contributed by atoms with E-state index in [1.165, 1.54) is 51.4 Å². The first kappa shape index (κ1) is 28.2. The zero-order valence-electron chi connectivity index (χ0n) is 20.8. The van der Waals surface area contributed by atoms with Crippen molar-refractivity contribution < 1.29 is 19.4 Å². The molecule has 0 bridgehead atoms. The van der Waals surface area contributed by atoms with Crippen LogP contribution in [-0.2, 0) is 14.3 Å². The van der Waals surface area contributed by atoms with E-state index in [4.69, 9.17) is 9.47 Å². The maximum absolute atomic E-state index is 12.2. The number of ether oxygens (including phenoxy) is 2. The lowest BCUT2D eigenvalue weighted by atomic mass is 9.78. The molecule has 0 aromatic carbocycles. The summed E-state index contributed by atoms with van der Waals surface area (Å²) >= 11 is 0. The third-order valence-corrected chi connectivity index (χ3v) is 6.42. The maximum Gasteiger partial charge on any atom is 0.334 e. The molecule has 182 valence electrons. The fourth-order valence-corrected chi connectivity index (χ4v) is 4.10. The minimum Gasteiger partial charge on any atom is -0.513 e. The second-order valence-electron chi connectivity index (χ2n) is 9.32. The molecule has 1 heterocycles. The van der Waals surface area contributed by atoms with Gasteiger partial charge in [-0.05, 0) is 51.2 Å². The molecule has 4 heteroatoms. The number of unbranched alkanes of at least 4 members (excludes halogenated alkanes) is 8. The molecule has 1 rings (SSSR count). The van der Waals surface area contributed by atoms with Gasteiger partial charge >= 0.3 is 5.97 Å². The van der Waals surface area contributed by atoms with Crippen LogP contribution in [0.2, 0.25) is 0 Å². The Kier molecular flexibility index (Phi) is 14.0. The van der Waals surface area contributed by atoms with Crippen LogP contribution in [0.3, 0.4) is 0 Å². The van der Waals surface area contributed by atoms with E-state index in [1.54, 1.807) is 19.1 Å². The predicted molar refractivity (Wildman–Crippen MR) is 134 cm³/mol. The minimum absolute atomic E-state index is 0.145. The van der Waals surface area contributed by atoms with Crippen molar-refractivity contribution in [2.75, 3.05) is 13.2 Å². The Balaban J connectivity index is 2.35. The molecule has 1 fully saturated rings. The topological polar surface area (TPSA) is 55.8 Å². The number of aliphatic hydroxyl groups is 1. The van der Waals surface area contributed by atoms with E-state index in [1.807, 2.05) is 13.0 Å². The standard InChI is InChI=1S/C28H46O4/c1-6-8-9-10-11-12-13-14-15-18-26-28(5,24(4)27(30)32-26)22-31-21-16-17-25(7-2)20-19-23(3)29/h7,19-20,26,29H,2,4,6,8-18,21-22H2,1,3,5H3/b23-19+,25-20+/t26?,28-/m0/s1. The van der Waals surface area contributed by atoms with Crippen LogP contribution >= 0.6 is 0 Å². The van der Waals surface area contributed by atoms with Gasteiger partial charge in [-0.1, -0.05) is 83.6 Å². The van der Waals surface area contributed by atoms with E-state index in [9.17, 15) is 9.90 Å². The Morgan fingerprint density at radius 1 is 1.09 bits per heavy atom. The Labute approximate surface area is 196 Å². The van der Waals surface area contributed by atoms with Crippen LogP contribution in [0.25, 0.3) is 0 Å². The van der Waals surface area contributed by atoms with E-state index in [0.29, 0.717) is 18.8 Å². The summed E-state index contributed by atoms with van der Waals surface area (Å²) in [6.07, 6.45) is 19.2. The van der Waals surface area contributed by atoms with Crippen LogP contribution in [0.5, 0.6) is 0 Å². The second kappa shape index (κ2) is 15.9. The number of carbonyl (C=O) groups excluding carboxylic acids is 1. The highest BCUT2D eigenvalue weighted by molar-refractivity contribution is 5.92. The van der Waals surface area contributed by atoms with Crippen molar-refractivity contribution in [2.45, 2.75) is 104 Å². The summed E-state index contributed by atoms with van der Waals surface area (Å²) in [4.78, 5) is 12.2. The van der Waals surface area contributed by atoms with E-state index in [0.717, 1.165) is 31.3 Å². The first-order chi connectivity index (χ1) is 15.3. The Morgan fingerprint density at radius 2 is 1.72 bits per heavy atom. The average molecular weight is 447 g/mol. The molecule has 2 atom stereocenters. The lowest BCUT2D eigenvalue weighted by Crippen LogP contribution is -2.34. The molecular weight excluding hydrogens is 400 g/mol. The summed E-state index contributed by atoms with van der Waals surface area (Å²) in [6, 6.07) is 0. The predicted octanol–water partition coefficient (Wildman–Crippen LogP) is 7.77. The lowest BCUT2D eigenvalue weighted by molar-refractivity contribution is -0.140. The number of aliphatic hydroxyl groups excluding tert-OH is 1. The van der Waals surface area contributed by atoms with Crippen LogP contribution in [0.15, 0.2) is 48.3 Å². The molecule has 0 spiro atoms. The van der Waals surface area contributed by atoms with Crippen LogP contribution in [-0.4, -0.2) is 30.4 Å². The fraction of sp³-hybridized carbons (Fsp3) is 0.679. The minimum atomic E-state index is -0.453. The molecule has 0 amide bonds. The summed E-state index contributed by atoms with van der Waals surface area (Å²) in [5.41, 5.74) is 1.14. The highest BCUT2D eigenvalue weighted by Gasteiger charge is 2.48.